The first-order chi connectivity index (χ1) is 9.60. The van der Waals surface area contributed by atoms with Crippen LogP contribution < -0.4 is 10.5 Å². The Morgan fingerprint density at radius 3 is 2.85 bits per heavy atom. The molecule has 0 aliphatic heterocycles. The normalized spacial score (nSPS) is 11.0. The lowest BCUT2D eigenvalue weighted by Gasteiger charge is -2.07. The van der Waals surface area contributed by atoms with Crippen molar-refractivity contribution >= 4 is 17.4 Å². The number of hydrogen-bond donors (Lipinski definition) is 1. The summed E-state index contributed by atoms with van der Waals surface area (Å²) in [6, 6.07) is 5.66. The average molecular weight is 293 g/mol. The number of aromatic nitrogens is 2. The summed E-state index contributed by atoms with van der Waals surface area (Å²) < 4.78 is 10.6. The molecule has 0 amide bonds. The van der Waals surface area contributed by atoms with Crippen molar-refractivity contribution in [1.29, 1.82) is 0 Å². The number of thioether (sulfide) groups is 1. The van der Waals surface area contributed by atoms with Gasteiger partial charge in [0, 0.05) is 16.5 Å². The monoisotopic (exact) mass is 293 g/mol. The summed E-state index contributed by atoms with van der Waals surface area (Å²) in [6.07, 6.45) is 0. The van der Waals surface area contributed by atoms with Gasteiger partial charge in [0.2, 0.25) is 5.89 Å². The molecule has 1 aromatic carbocycles. The standard InChI is InChI=1S/C14H19N3O2S/c1-4-18-10-5-6-11(15)12(7-10)20-8-13-16-14(9(2)3)19-17-13/h5-7,9H,4,8,15H2,1-3H3. The lowest BCUT2D eigenvalue weighted by Crippen LogP contribution is -1.95. The maximum atomic E-state index is 5.96. The van der Waals surface area contributed by atoms with E-state index in [0.717, 1.165) is 16.3 Å². The van der Waals surface area contributed by atoms with Crippen LogP contribution in [0.25, 0.3) is 0 Å². The number of benzene rings is 1. The highest BCUT2D eigenvalue weighted by atomic mass is 32.2. The van der Waals surface area contributed by atoms with Crippen LogP contribution in [0, 0.1) is 0 Å². The van der Waals surface area contributed by atoms with Crippen LogP contribution in [0.15, 0.2) is 27.6 Å². The minimum atomic E-state index is 0.243. The van der Waals surface area contributed by atoms with E-state index in [1.807, 2.05) is 39.0 Å². The minimum Gasteiger partial charge on any atom is -0.494 e. The zero-order valence-corrected chi connectivity index (χ0v) is 12.7. The van der Waals surface area contributed by atoms with Gasteiger partial charge >= 0.3 is 0 Å². The average Bonchev–Trinajstić information content (AvgIpc) is 2.89. The van der Waals surface area contributed by atoms with E-state index in [9.17, 15) is 0 Å². The number of nitrogens with zero attached hydrogens (tertiary/aromatic N) is 2. The first-order valence-corrected chi connectivity index (χ1v) is 7.56. The Morgan fingerprint density at radius 2 is 2.20 bits per heavy atom. The zero-order valence-electron chi connectivity index (χ0n) is 11.9. The molecule has 20 heavy (non-hydrogen) atoms. The van der Waals surface area contributed by atoms with E-state index in [-0.39, 0.29) is 5.92 Å². The number of hydrogen-bond acceptors (Lipinski definition) is 6. The highest BCUT2D eigenvalue weighted by molar-refractivity contribution is 7.98. The van der Waals surface area contributed by atoms with Crippen LogP contribution in [-0.2, 0) is 5.75 Å². The van der Waals surface area contributed by atoms with Crippen molar-refractivity contribution in [2.75, 3.05) is 12.3 Å². The van der Waals surface area contributed by atoms with Crippen molar-refractivity contribution in [2.24, 2.45) is 0 Å². The minimum absolute atomic E-state index is 0.243. The third kappa shape index (κ3) is 3.66. The Labute approximate surface area is 122 Å². The maximum absolute atomic E-state index is 5.96. The number of rotatable bonds is 6. The van der Waals surface area contributed by atoms with E-state index in [4.69, 9.17) is 15.0 Å². The molecule has 0 aliphatic rings. The second kappa shape index (κ2) is 6.65. The van der Waals surface area contributed by atoms with E-state index in [1.54, 1.807) is 11.8 Å². The number of nitrogen functional groups attached to an aromatic ring is 1. The molecule has 2 aromatic rings. The molecule has 1 aromatic heterocycles. The predicted molar refractivity (Wildman–Crippen MR) is 80.0 cm³/mol. The van der Waals surface area contributed by atoms with Crippen LogP contribution in [0.5, 0.6) is 5.75 Å². The van der Waals surface area contributed by atoms with Gasteiger partial charge in [0.15, 0.2) is 5.82 Å². The molecule has 0 unspecified atom stereocenters. The molecule has 0 atom stereocenters. The summed E-state index contributed by atoms with van der Waals surface area (Å²) in [5, 5.41) is 3.96. The fourth-order valence-electron chi connectivity index (χ4n) is 1.60. The molecule has 0 aliphatic carbocycles. The Morgan fingerprint density at radius 1 is 1.40 bits per heavy atom. The van der Waals surface area contributed by atoms with Crippen molar-refractivity contribution in [3.63, 3.8) is 0 Å². The summed E-state index contributed by atoms with van der Waals surface area (Å²) in [5.41, 5.74) is 6.69. The van der Waals surface area contributed by atoms with Crippen molar-refractivity contribution < 1.29 is 9.26 Å². The molecule has 0 spiro atoms. The second-order valence-corrected chi connectivity index (χ2v) is 5.64. The highest BCUT2D eigenvalue weighted by Gasteiger charge is 2.11. The van der Waals surface area contributed by atoms with Gasteiger partial charge in [0.05, 0.1) is 12.4 Å². The van der Waals surface area contributed by atoms with Crippen LogP contribution in [0.4, 0.5) is 5.69 Å². The van der Waals surface area contributed by atoms with Gasteiger partial charge in [0.25, 0.3) is 0 Å². The van der Waals surface area contributed by atoms with E-state index in [1.165, 1.54) is 0 Å². The van der Waals surface area contributed by atoms with Gasteiger partial charge in [-0.15, -0.1) is 11.8 Å². The van der Waals surface area contributed by atoms with E-state index >= 15 is 0 Å². The zero-order chi connectivity index (χ0) is 14.5. The smallest absolute Gasteiger partial charge is 0.229 e. The fourth-order valence-corrected chi connectivity index (χ4v) is 2.44. The van der Waals surface area contributed by atoms with Gasteiger partial charge in [-0.25, -0.2) is 0 Å². The third-order valence-corrected chi connectivity index (χ3v) is 3.70. The largest absolute Gasteiger partial charge is 0.494 e. The Hall–Kier alpha value is -1.69. The van der Waals surface area contributed by atoms with E-state index in [0.29, 0.717) is 24.1 Å². The second-order valence-electron chi connectivity index (χ2n) is 4.62. The molecular weight excluding hydrogens is 274 g/mol. The Bertz CT molecular complexity index is 569. The van der Waals surface area contributed by atoms with Crippen LogP contribution in [-0.4, -0.2) is 16.7 Å². The van der Waals surface area contributed by atoms with Crippen LogP contribution in [0.1, 0.15) is 38.4 Å². The molecular formula is C14H19N3O2S. The Balaban J connectivity index is 2.03. The summed E-state index contributed by atoms with van der Waals surface area (Å²) in [4.78, 5) is 5.31. The first kappa shape index (κ1) is 14.7. The summed E-state index contributed by atoms with van der Waals surface area (Å²) in [5.74, 6) is 3.03. The van der Waals surface area contributed by atoms with Gasteiger partial charge in [0.1, 0.15) is 5.75 Å². The van der Waals surface area contributed by atoms with Crippen LogP contribution >= 0.6 is 11.8 Å². The number of nitrogens with two attached hydrogens (primary N) is 1. The molecule has 6 heteroatoms. The van der Waals surface area contributed by atoms with Gasteiger partial charge < -0.3 is 15.0 Å². The van der Waals surface area contributed by atoms with Crippen molar-refractivity contribution in [3.05, 3.63) is 29.9 Å². The quantitative estimate of drug-likeness (QED) is 0.649. The number of anilines is 1. The van der Waals surface area contributed by atoms with Gasteiger partial charge in [-0.2, -0.15) is 4.98 Å². The summed E-state index contributed by atoms with van der Waals surface area (Å²) >= 11 is 1.58. The molecule has 2 rings (SSSR count). The topological polar surface area (TPSA) is 74.2 Å². The predicted octanol–water partition coefficient (Wildman–Crippen LogP) is 3.47. The molecule has 2 N–H and O–H groups in total. The molecule has 0 saturated carbocycles. The summed E-state index contributed by atoms with van der Waals surface area (Å²) in [6.45, 7) is 6.63. The molecule has 0 bridgehead atoms. The number of ether oxygens (including phenoxy) is 1. The van der Waals surface area contributed by atoms with Crippen molar-refractivity contribution in [1.82, 2.24) is 10.1 Å². The van der Waals surface area contributed by atoms with Crippen LogP contribution in [0.3, 0.4) is 0 Å². The lowest BCUT2D eigenvalue weighted by atomic mass is 10.2. The Kier molecular flexibility index (Phi) is 4.89. The third-order valence-electron chi connectivity index (χ3n) is 2.63. The summed E-state index contributed by atoms with van der Waals surface area (Å²) in [7, 11) is 0. The molecule has 108 valence electrons. The van der Waals surface area contributed by atoms with Crippen LogP contribution in [0.2, 0.25) is 0 Å². The SMILES string of the molecule is CCOc1ccc(N)c(SCc2noc(C(C)C)n2)c1. The highest BCUT2D eigenvalue weighted by Crippen LogP contribution is 2.31. The van der Waals surface area contributed by atoms with E-state index in [2.05, 4.69) is 10.1 Å². The van der Waals surface area contributed by atoms with Gasteiger partial charge in [-0.05, 0) is 25.1 Å². The van der Waals surface area contributed by atoms with Gasteiger partial charge in [-0.3, -0.25) is 0 Å². The fraction of sp³-hybridized carbons (Fsp3) is 0.429. The molecule has 0 saturated heterocycles. The maximum Gasteiger partial charge on any atom is 0.229 e. The lowest BCUT2D eigenvalue weighted by molar-refractivity contribution is 0.339. The molecule has 5 nitrogen and oxygen atoms in total. The first-order valence-electron chi connectivity index (χ1n) is 6.57. The van der Waals surface area contributed by atoms with Crippen molar-refractivity contribution in [3.8, 4) is 5.75 Å². The molecule has 1 heterocycles. The molecule has 0 fully saturated rings. The van der Waals surface area contributed by atoms with E-state index < -0.39 is 0 Å². The van der Waals surface area contributed by atoms with Gasteiger partial charge in [-0.1, -0.05) is 19.0 Å². The van der Waals surface area contributed by atoms with Crippen molar-refractivity contribution in [2.45, 2.75) is 37.3 Å². The molecule has 0 radical (unpaired) electrons.